The van der Waals surface area contributed by atoms with E-state index in [9.17, 15) is 0 Å². The van der Waals surface area contributed by atoms with E-state index in [1.54, 1.807) is 0 Å². The van der Waals surface area contributed by atoms with Gasteiger partial charge in [-0.2, -0.15) is 10.5 Å². The Hall–Kier alpha value is -2.00. The zero-order chi connectivity index (χ0) is 12.8. The first kappa shape index (κ1) is 12.5. The Morgan fingerprint density at radius 2 is 1.83 bits per heavy atom. The number of ether oxygens (including phenoxy) is 1. The van der Waals surface area contributed by atoms with Crippen molar-refractivity contribution in [3.63, 3.8) is 0 Å². The molecule has 2 rings (SSSR count). The average molecular weight is 240 g/mol. The molecule has 18 heavy (non-hydrogen) atoms. The number of benzene rings is 1. The number of hydrogen-bond donors (Lipinski definition) is 0. The molecule has 2 unspecified atom stereocenters. The van der Waals surface area contributed by atoms with Crippen LogP contribution in [0.15, 0.2) is 24.3 Å². The van der Waals surface area contributed by atoms with Crippen molar-refractivity contribution < 1.29 is 4.74 Å². The molecule has 1 aromatic rings. The van der Waals surface area contributed by atoms with Crippen LogP contribution in [0.3, 0.4) is 0 Å². The standard InChI is InChI=1S/C15H16N2O/c16-10-9-12-5-7-14(8-6-12)18-15-4-2-1-3-13(15)11-17/h5-8,13,15H,1-4,9H2. The van der Waals surface area contributed by atoms with Gasteiger partial charge in [0.1, 0.15) is 11.9 Å². The fourth-order valence-corrected chi connectivity index (χ4v) is 2.34. The molecule has 2 atom stereocenters. The van der Waals surface area contributed by atoms with Crippen molar-refractivity contribution in [2.45, 2.75) is 38.2 Å². The lowest BCUT2D eigenvalue weighted by molar-refractivity contribution is 0.120. The SMILES string of the molecule is N#CCc1ccc(OC2CCCCC2C#N)cc1. The van der Waals surface area contributed by atoms with Crippen LogP contribution in [0.5, 0.6) is 5.75 Å². The van der Waals surface area contributed by atoms with Crippen molar-refractivity contribution in [2.24, 2.45) is 5.92 Å². The van der Waals surface area contributed by atoms with Crippen molar-refractivity contribution in [1.82, 2.24) is 0 Å². The smallest absolute Gasteiger partial charge is 0.119 e. The predicted molar refractivity (Wildman–Crippen MR) is 67.7 cm³/mol. The highest BCUT2D eigenvalue weighted by atomic mass is 16.5. The first-order valence-electron chi connectivity index (χ1n) is 6.35. The molecule has 3 heteroatoms. The molecule has 0 saturated heterocycles. The molecule has 0 bridgehead atoms. The normalized spacial score (nSPS) is 22.8. The summed E-state index contributed by atoms with van der Waals surface area (Å²) >= 11 is 0. The summed E-state index contributed by atoms with van der Waals surface area (Å²) in [5, 5.41) is 17.7. The topological polar surface area (TPSA) is 56.8 Å². The van der Waals surface area contributed by atoms with Gasteiger partial charge in [0.2, 0.25) is 0 Å². The van der Waals surface area contributed by atoms with Crippen LogP contribution in [0.25, 0.3) is 0 Å². The summed E-state index contributed by atoms with van der Waals surface area (Å²) in [5.74, 6) is 0.807. The lowest BCUT2D eigenvalue weighted by Crippen LogP contribution is -2.29. The van der Waals surface area contributed by atoms with Crippen LogP contribution in [-0.2, 0) is 6.42 Å². The summed E-state index contributed by atoms with van der Waals surface area (Å²) < 4.78 is 5.89. The molecule has 92 valence electrons. The Morgan fingerprint density at radius 1 is 1.11 bits per heavy atom. The third-order valence-electron chi connectivity index (χ3n) is 3.36. The van der Waals surface area contributed by atoms with Gasteiger partial charge in [-0.05, 0) is 37.0 Å². The molecule has 1 fully saturated rings. The molecule has 0 aliphatic heterocycles. The van der Waals surface area contributed by atoms with E-state index in [1.165, 1.54) is 0 Å². The molecular weight excluding hydrogens is 224 g/mol. The highest BCUT2D eigenvalue weighted by molar-refractivity contribution is 5.29. The van der Waals surface area contributed by atoms with E-state index in [1.807, 2.05) is 24.3 Å². The van der Waals surface area contributed by atoms with Crippen LogP contribution in [0, 0.1) is 28.6 Å². The first-order chi connectivity index (χ1) is 8.83. The summed E-state index contributed by atoms with van der Waals surface area (Å²) in [6.45, 7) is 0. The molecule has 0 spiro atoms. The number of nitrogens with zero attached hydrogens (tertiary/aromatic N) is 2. The summed E-state index contributed by atoms with van der Waals surface area (Å²) in [7, 11) is 0. The third kappa shape index (κ3) is 3.02. The molecule has 1 aromatic carbocycles. The van der Waals surface area contributed by atoms with E-state index < -0.39 is 0 Å². The minimum absolute atomic E-state index is 0.0116. The van der Waals surface area contributed by atoms with Gasteiger partial charge in [0.15, 0.2) is 0 Å². The quantitative estimate of drug-likeness (QED) is 0.815. The van der Waals surface area contributed by atoms with Crippen LogP contribution < -0.4 is 4.74 Å². The molecule has 1 saturated carbocycles. The molecule has 1 aliphatic rings. The van der Waals surface area contributed by atoms with Gasteiger partial charge in [0, 0.05) is 0 Å². The minimum atomic E-state index is 0.0116. The molecular formula is C15H16N2O. The van der Waals surface area contributed by atoms with E-state index in [-0.39, 0.29) is 12.0 Å². The van der Waals surface area contributed by atoms with Crippen LogP contribution in [0.2, 0.25) is 0 Å². The Morgan fingerprint density at radius 3 is 2.50 bits per heavy atom. The fourth-order valence-electron chi connectivity index (χ4n) is 2.34. The Labute approximate surface area is 108 Å². The zero-order valence-corrected chi connectivity index (χ0v) is 10.3. The summed E-state index contributed by atoms with van der Waals surface area (Å²) in [5.41, 5.74) is 0.991. The Bertz CT molecular complexity index is 467. The summed E-state index contributed by atoms with van der Waals surface area (Å²) in [6, 6.07) is 12.0. The van der Waals surface area contributed by atoms with Gasteiger partial charge in [-0.15, -0.1) is 0 Å². The highest BCUT2D eigenvalue weighted by Crippen LogP contribution is 2.28. The van der Waals surface area contributed by atoms with Gasteiger partial charge in [0.25, 0.3) is 0 Å². The molecule has 0 amide bonds. The minimum Gasteiger partial charge on any atom is -0.489 e. The second-order valence-corrected chi connectivity index (χ2v) is 4.66. The van der Waals surface area contributed by atoms with Crippen LogP contribution >= 0.6 is 0 Å². The largest absolute Gasteiger partial charge is 0.489 e. The highest BCUT2D eigenvalue weighted by Gasteiger charge is 2.26. The van der Waals surface area contributed by atoms with E-state index in [0.29, 0.717) is 6.42 Å². The van der Waals surface area contributed by atoms with Crippen LogP contribution in [0.4, 0.5) is 0 Å². The van der Waals surface area contributed by atoms with Crippen LogP contribution in [0.1, 0.15) is 31.2 Å². The lowest BCUT2D eigenvalue weighted by atomic mass is 9.87. The van der Waals surface area contributed by atoms with Crippen molar-refractivity contribution in [3.8, 4) is 17.9 Å². The maximum absolute atomic E-state index is 9.09. The van der Waals surface area contributed by atoms with Crippen molar-refractivity contribution in [1.29, 1.82) is 10.5 Å². The van der Waals surface area contributed by atoms with E-state index in [2.05, 4.69) is 12.1 Å². The molecule has 0 radical (unpaired) electrons. The number of hydrogen-bond acceptors (Lipinski definition) is 3. The zero-order valence-electron chi connectivity index (χ0n) is 10.3. The molecule has 3 nitrogen and oxygen atoms in total. The van der Waals surface area contributed by atoms with Crippen molar-refractivity contribution in [2.75, 3.05) is 0 Å². The van der Waals surface area contributed by atoms with Gasteiger partial charge in [-0.25, -0.2) is 0 Å². The average Bonchev–Trinajstić information content (AvgIpc) is 2.42. The van der Waals surface area contributed by atoms with Gasteiger partial charge < -0.3 is 4.74 Å². The molecule has 1 aliphatic carbocycles. The van der Waals surface area contributed by atoms with E-state index in [4.69, 9.17) is 15.3 Å². The third-order valence-corrected chi connectivity index (χ3v) is 3.36. The van der Waals surface area contributed by atoms with Gasteiger partial charge in [-0.1, -0.05) is 18.6 Å². The van der Waals surface area contributed by atoms with E-state index in [0.717, 1.165) is 37.0 Å². The second-order valence-electron chi connectivity index (χ2n) is 4.66. The second kappa shape index (κ2) is 6.07. The number of rotatable bonds is 3. The van der Waals surface area contributed by atoms with Crippen molar-refractivity contribution >= 4 is 0 Å². The lowest BCUT2D eigenvalue weighted by Gasteiger charge is -2.27. The monoisotopic (exact) mass is 240 g/mol. The maximum Gasteiger partial charge on any atom is 0.119 e. The predicted octanol–water partition coefficient (Wildman–Crippen LogP) is 3.21. The summed E-state index contributed by atoms with van der Waals surface area (Å²) in [4.78, 5) is 0. The molecule has 0 N–H and O–H groups in total. The van der Waals surface area contributed by atoms with Gasteiger partial charge in [-0.3, -0.25) is 0 Å². The Kier molecular flexibility index (Phi) is 4.20. The molecule has 0 aromatic heterocycles. The van der Waals surface area contributed by atoms with Crippen LogP contribution in [-0.4, -0.2) is 6.10 Å². The summed E-state index contributed by atoms with van der Waals surface area (Å²) in [6.07, 6.45) is 4.59. The molecule has 0 heterocycles. The fraction of sp³-hybridized carbons (Fsp3) is 0.467. The van der Waals surface area contributed by atoms with E-state index >= 15 is 0 Å². The van der Waals surface area contributed by atoms with Gasteiger partial charge in [0.05, 0.1) is 24.5 Å². The van der Waals surface area contributed by atoms with Gasteiger partial charge >= 0.3 is 0 Å². The Balaban J connectivity index is 2.00. The first-order valence-corrected chi connectivity index (χ1v) is 6.35. The number of nitriles is 2. The maximum atomic E-state index is 9.09. The van der Waals surface area contributed by atoms with Crippen molar-refractivity contribution in [3.05, 3.63) is 29.8 Å².